The summed E-state index contributed by atoms with van der Waals surface area (Å²) in [6.45, 7) is 5.52. The second-order valence-electron chi connectivity index (χ2n) is 7.12. The molecule has 3 aromatic rings. The molecule has 0 aromatic carbocycles. The van der Waals surface area contributed by atoms with E-state index < -0.39 is 0 Å². The fourth-order valence-electron chi connectivity index (χ4n) is 3.60. The molecule has 8 heteroatoms. The summed E-state index contributed by atoms with van der Waals surface area (Å²) in [6, 6.07) is 5.63. The highest BCUT2D eigenvalue weighted by atomic mass is 16.5. The fourth-order valence-corrected chi connectivity index (χ4v) is 3.60. The topological polar surface area (TPSA) is 90.2 Å². The van der Waals surface area contributed by atoms with Crippen LogP contribution < -0.4 is 10.2 Å². The van der Waals surface area contributed by atoms with Gasteiger partial charge in [0.2, 0.25) is 5.43 Å². The number of amides is 1. The van der Waals surface area contributed by atoms with Crippen molar-refractivity contribution >= 4 is 16.9 Å². The molecule has 1 saturated heterocycles. The molecule has 8 nitrogen and oxygen atoms in total. The first kappa shape index (κ1) is 19.0. The Bertz CT molecular complexity index is 1090. The van der Waals surface area contributed by atoms with Gasteiger partial charge in [-0.15, -0.1) is 0 Å². The van der Waals surface area contributed by atoms with Gasteiger partial charge in [0.05, 0.1) is 5.39 Å². The SMILES string of the molecule is CCn1cc(C(=O)N2CCC(Oc3ncccn3)CC2)c(=O)c2ccc(C)nc21. The van der Waals surface area contributed by atoms with Crippen molar-refractivity contribution in [1.29, 1.82) is 0 Å². The van der Waals surface area contributed by atoms with E-state index in [0.717, 1.165) is 5.69 Å². The van der Waals surface area contributed by atoms with E-state index in [1.54, 1.807) is 41.7 Å². The summed E-state index contributed by atoms with van der Waals surface area (Å²) in [6.07, 6.45) is 6.20. The zero-order chi connectivity index (χ0) is 20.4. The van der Waals surface area contributed by atoms with Crippen LogP contribution >= 0.6 is 0 Å². The number of fused-ring (bicyclic) bond motifs is 1. The van der Waals surface area contributed by atoms with E-state index in [1.165, 1.54) is 0 Å². The quantitative estimate of drug-likeness (QED) is 0.675. The maximum atomic E-state index is 13.1. The summed E-state index contributed by atoms with van der Waals surface area (Å²) in [5.74, 6) is -0.242. The number of ether oxygens (including phenoxy) is 1. The molecule has 4 heterocycles. The van der Waals surface area contributed by atoms with Crippen molar-refractivity contribution < 1.29 is 9.53 Å². The van der Waals surface area contributed by atoms with Crippen LogP contribution in [0.15, 0.2) is 41.6 Å². The molecule has 3 aromatic heterocycles. The largest absolute Gasteiger partial charge is 0.460 e. The number of pyridine rings is 2. The summed E-state index contributed by atoms with van der Waals surface area (Å²) in [7, 11) is 0. The Hall–Kier alpha value is -3.29. The maximum absolute atomic E-state index is 13.1. The summed E-state index contributed by atoms with van der Waals surface area (Å²) >= 11 is 0. The predicted molar refractivity (Wildman–Crippen MR) is 108 cm³/mol. The number of nitrogens with zero attached hydrogens (tertiary/aromatic N) is 5. The summed E-state index contributed by atoms with van der Waals surface area (Å²) < 4.78 is 7.64. The molecule has 29 heavy (non-hydrogen) atoms. The Balaban J connectivity index is 1.53. The highest BCUT2D eigenvalue weighted by Gasteiger charge is 2.27. The molecule has 0 N–H and O–H groups in total. The lowest BCUT2D eigenvalue weighted by atomic mass is 10.1. The van der Waals surface area contributed by atoms with Crippen LogP contribution in [0.3, 0.4) is 0 Å². The molecule has 0 bridgehead atoms. The molecule has 4 rings (SSSR count). The van der Waals surface area contributed by atoms with E-state index in [0.29, 0.717) is 49.5 Å². The van der Waals surface area contributed by atoms with Crippen LogP contribution in [-0.4, -0.2) is 49.5 Å². The van der Waals surface area contributed by atoms with E-state index in [-0.39, 0.29) is 23.0 Å². The zero-order valence-corrected chi connectivity index (χ0v) is 16.5. The van der Waals surface area contributed by atoms with Gasteiger partial charge in [-0.05, 0) is 32.0 Å². The number of piperidine rings is 1. The van der Waals surface area contributed by atoms with Crippen molar-refractivity contribution in [2.24, 2.45) is 0 Å². The average Bonchev–Trinajstić information content (AvgIpc) is 2.75. The lowest BCUT2D eigenvalue weighted by molar-refractivity contribution is 0.0577. The molecule has 1 amide bonds. The molecule has 0 unspecified atom stereocenters. The first-order valence-electron chi connectivity index (χ1n) is 9.80. The van der Waals surface area contributed by atoms with Gasteiger partial charge in [0, 0.05) is 56.8 Å². The number of carbonyl (C=O) groups excluding carboxylic acids is 1. The highest BCUT2D eigenvalue weighted by molar-refractivity contribution is 5.97. The first-order chi connectivity index (χ1) is 14.1. The number of carbonyl (C=O) groups is 1. The number of aryl methyl sites for hydroxylation is 2. The molecule has 1 fully saturated rings. The van der Waals surface area contributed by atoms with Gasteiger partial charge in [0.25, 0.3) is 5.91 Å². The number of likely N-dealkylation sites (tertiary alicyclic amines) is 1. The van der Waals surface area contributed by atoms with Gasteiger partial charge >= 0.3 is 6.01 Å². The smallest absolute Gasteiger partial charge is 0.316 e. The predicted octanol–water partition coefficient (Wildman–Crippen LogP) is 2.20. The van der Waals surface area contributed by atoms with Gasteiger partial charge in [-0.25, -0.2) is 15.0 Å². The van der Waals surface area contributed by atoms with Crippen molar-refractivity contribution in [3.8, 4) is 6.01 Å². The van der Waals surface area contributed by atoms with E-state index in [2.05, 4.69) is 15.0 Å². The van der Waals surface area contributed by atoms with E-state index >= 15 is 0 Å². The standard InChI is InChI=1S/C21H23N5O3/c1-3-25-13-17(18(27)16-6-5-14(2)24-19(16)25)20(28)26-11-7-15(8-12-26)29-21-22-9-4-10-23-21/h4-6,9-10,13,15H,3,7-8,11-12H2,1-2H3. The van der Waals surface area contributed by atoms with Crippen molar-refractivity contribution in [3.63, 3.8) is 0 Å². The third kappa shape index (κ3) is 3.83. The van der Waals surface area contributed by atoms with E-state index in [9.17, 15) is 9.59 Å². The molecule has 0 spiro atoms. The van der Waals surface area contributed by atoms with Crippen LogP contribution in [-0.2, 0) is 6.54 Å². The second kappa shape index (κ2) is 7.98. The minimum absolute atomic E-state index is 0.0440. The second-order valence-corrected chi connectivity index (χ2v) is 7.12. The fraction of sp³-hybridized carbons (Fsp3) is 0.381. The Kier molecular flexibility index (Phi) is 5.24. The normalized spacial score (nSPS) is 14.9. The Morgan fingerprint density at radius 3 is 2.62 bits per heavy atom. The van der Waals surface area contributed by atoms with Crippen molar-refractivity contribution in [2.75, 3.05) is 13.1 Å². The minimum atomic E-state index is -0.266. The Labute approximate surface area is 168 Å². The molecule has 1 aliphatic heterocycles. The van der Waals surface area contributed by atoms with Crippen LogP contribution in [0.1, 0.15) is 35.8 Å². The maximum Gasteiger partial charge on any atom is 0.316 e. The van der Waals surface area contributed by atoms with Gasteiger partial charge in [0.15, 0.2) is 0 Å². The van der Waals surface area contributed by atoms with Gasteiger partial charge in [-0.2, -0.15) is 0 Å². The van der Waals surface area contributed by atoms with E-state index in [1.807, 2.05) is 18.4 Å². The monoisotopic (exact) mass is 393 g/mol. The van der Waals surface area contributed by atoms with Crippen molar-refractivity contribution in [3.05, 3.63) is 58.3 Å². The summed E-state index contributed by atoms with van der Waals surface area (Å²) in [5, 5.41) is 0.475. The van der Waals surface area contributed by atoms with E-state index in [4.69, 9.17) is 4.74 Å². The Morgan fingerprint density at radius 1 is 1.21 bits per heavy atom. The number of hydrogen-bond donors (Lipinski definition) is 0. The van der Waals surface area contributed by atoms with Crippen LogP contribution in [0.5, 0.6) is 6.01 Å². The molecule has 0 aliphatic carbocycles. The number of aromatic nitrogens is 4. The average molecular weight is 393 g/mol. The Morgan fingerprint density at radius 2 is 1.93 bits per heavy atom. The summed E-state index contributed by atoms with van der Waals surface area (Å²) in [5.41, 5.74) is 1.38. The molecule has 150 valence electrons. The lowest BCUT2D eigenvalue weighted by Crippen LogP contribution is -2.43. The molecular formula is C21H23N5O3. The van der Waals surface area contributed by atoms with Crippen LogP contribution in [0.4, 0.5) is 0 Å². The van der Waals surface area contributed by atoms with Crippen LogP contribution in [0.2, 0.25) is 0 Å². The van der Waals surface area contributed by atoms with Crippen molar-refractivity contribution in [2.45, 2.75) is 39.3 Å². The lowest BCUT2D eigenvalue weighted by Gasteiger charge is -2.31. The van der Waals surface area contributed by atoms with Crippen molar-refractivity contribution in [1.82, 2.24) is 24.4 Å². The molecule has 1 aliphatic rings. The van der Waals surface area contributed by atoms with Gasteiger partial charge in [-0.3, -0.25) is 9.59 Å². The third-order valence-corrected chi connectivity index (χ3v) is 5.18. The van der Waals surface area contributed by atoms with Crippen LogP contribution in [0.25, 0.3) is 11.0 Å². The van der Waals surface area contributed by atoms with Crippen LogP contribution in [0, 0.1) is 6.92 Å². The third-order valence-electron chi connectivity index (χ3n) is 5.18. The summed E-state index contributed by atoms with van der Waals surface area (Å²) in [4.78, 5) is 40.4. The number of rotatable bonds is 4. The van der Waals surface area contributed by atoms with Gasteiger partial charge in [0.1, 0.15) is 17.3 Å². The molecule has 0 atom stereocenters. The molecule has 0 radical (unpaired) electrons. The molecular weight excluding hydrogens is 370 g/mol. The number of hydrogen-bond acceptors (Lipinski definition) is 6. The van der Waals surface area contributed by atoms with Gasteiger partial charge < -0.3 is 14.2 Å². The molecule has 0 saturated carbocycles. The zero-order valence-electron chi connectivity index (χ0n) is 16.5. The highest BCUT2D eigenvalue weighted by Crippen LogP contribution is 2.18. The van der Waals surface area contributed by atoms with Gasteiger partial charge in [-0.1, -0.05) is 0 Å². The first-order valence-corrected chi connectivity index (χ1v) is 9.80. The minimum Gasteiger partial charge on any atom is -0.460 e.